The maximum atomic E-state index is 11.7. The van der Waals surface area contributed by atoms with E-state index in [-0.39, 0.29) is 19.1 Å². The van der Waals surface area contributed by atoms with E-state index in [1.165, 1.54) is 0 Å². The van der Waals surface area contributed by atoms with Gasteiger partial charge in [-0.15, -0.1) is 0 Å². The van der Waals surface area contributed by atoms with Crippen molar-refractivity contribution in [3.63, 3.8) is 0 Å². The van der Waals surface area contributed by atoms with Gasteiger partial charge in [0, 0.05) is 10.2 Å². The third-order valence-electron chi connectivity index (χ3n) is 2.59. The smallest absolute Gasteiger partial charge is 0.262 e. The fourth-order valence-electron chi connectivity index (χ4n) is 1.60. The van der Waals surface area contributed by atoms with Crippen molar-refractivity contribution in [2.45, 2.75) is 6.61 Å². The highest BCUT2D eigenvalue weighted by molar-refractivity contribution is 9.10. The van der Waals surface area contributed by atoms with Crippen LogP contribution in [0.2, 0.25) is 0 Å². The number of carbonyl (C=O) groups excluding carboxylic acids is 1. The van der Waals surface area contributed by atoms with E-state index < -0.39 is 0 Å². The lowest BCUT2D eigenvalue weighted by Gasteiger charge is -2.08. The highest BCUT2D eigenvalue weighted by atomic mass is 79.9. The molecule has 5 heteroatoms. The molecule has 0 saturated carbocycles. The minimum absolute atomic E-state index is 0.0137. The van der Waals surface area contributed by atoms with Crippen molar-refractivity contribution < 1.29 is 14.6 Å². The number of amides is 1. The molecule has 2 rings (SSSR count). The molecule has 1 amide bonds. The predicted octanol–water partition coefficient (Wildman–Crippen LogP) is 2.96. The third-order valence-corrected chi connectivity index (χ3v) is 3.08. The van der Waals surface area contributed by atoms with Crippen LogP contribution in [0.5, 0.6) is 5.75 Å². The molecule has 104 valence electrons. The maximum Gasteiger partial charge on any atom is 0.262 e. The molecular weight excluding hydrogens is 322 g/mol. The number of aliphatic hydroxyl groups is 1. The van der Waals surface area contributed by atoms with E-state index in [0.717, 1.165) is 10.0 Å². The van der Waals surface area contributed by atoms with Crippen molar-refractivity contribution in [1.82, 2.24) is 0 Å². The van der Waals surface area contributed by atoms with Gasteiger partial charge in [-0.1, -0.05) is 34.1 Å². The van der Waals surface area contributed by atoms with Crippen LogP contribution in [0.4, 0.5) is 5.69 Å². The summed E-state index contributed by atoms with van der Waals surface area (Å²) in [4.78, 5) is 11.7. The maximum absolute atomic E-state index is 11.7. The Morgan fingerprint density at radius 1 is 1.20 bits per heavy atom. The zero-order valence-electron chi connectivity index (χ0n) is 10.7. The second kappa shape index (κ2) is 7.07. The summed E-state index contributed by atoms with van der Waals surface area (Å²) in [6.45, 7) is -0.0710. The highest BCUT2D eigenvalue weighted by Crippen LogP contribution is 2.17. The normalized spacial score (nSPS) is 10.1. The van der Waals surface area contributed by atoms with Crippen molar-refractivity contribution in [2.24, 2.45) is 0 Å². The first-order chi connectivity index (χ1) is 9.67. The Labute approximate surface area is 125 Å². The molecule has 0 atom stereocenters. The summed E-state index contributed by atoms with van der Waals surface area (Å²) in [7, 11) is 0. The number of ether oxygens (including phenoxy) is 1. The fourth-order valence-corrected chi connectivity index (χ4v) is 1.97. The Hall–Kier alpha value is -1.85. The summed E-state index contributed by atoms with van der Waals surface area (Å²) in [5.74, 6) is 0.395. The van der Waals surface area contributed by atoms with Crippen LogP contribution in [0.15, 0.2) is 53.0 Å². The Kier molecular flexibility index (Phi) is 5.15. The molecule has 2 N–H and O–H groups in total. The van der Waals surface area contributed by atoms with Gasteiger partial charge in [-0.2, -0.15) is 0 Å². The zero-order valence-corrected chi connectivity index (χ0v) is 12.3. The topological polar surface area (TPSA) is 58.6 Å². The molecule has 0 radical (unpaired) electrons. The number of aliphatic hydroxyl groups excluding tert-OH is 1. The molecule has 0 spiro atoms. The molecule has 0 saturated heterocycles. The van der Waals surface area contributed by atoms with E-state index in [1.807, 2.05) is 12.1 Å². The summed E-state index contributed by atoms with van der Waals surface area (Å²) in [5.41, 5.74) is 1.47. The van der Waals surface area contributed by atoms with Crippen molar-refractivity contribution in [3.8, 4) is 5.75 Å². The number of halogens is 1. The lowest BCUT2D eigenvalue weighted by atomic mass is 10.2. The first-order valence-electron chi connectivity index (χ1n) is 6.05. The highest BCUT2D eigenvalue weighted by Gasteiger charge is 2.04. The van der Waals surface area contributed by atoms with Gasteiger partial charge in [0.25, 0.3) is 5.91 Å². The first-order valence-corrected chi connectivity index (χ1v) is 6.84. The zero-order chi connectivity index (χ0) is 14.4. The van der Waals surface area contributed by atoms with E-state index in [4.69, 9.17) is 9.84 Å². The largest absolute Gasteiger partial charge is 0.484 e. The molecule has 4 nitrogen and oxygen atoms in total. The van der Waals surface area contributed by atoms with Gasteiger partial charge in [0.1, 0.15) is 5.75 Å². The van der Waals surface area contributed by atoms with E-state index in [1.54, 1.807) is 36.4 Å². The second-order valence-corrected chi connectivity index (χ2v) is 5.06. The number of hydrogen-bond donors (Lipinski definition) is 2. The quantitative estimate of drug-likeness (QED) is 0.883. The number of anilines is 1. The number of hydrogen-bond acceptors (Lipinski definition) is 3. The van der Waals surface area contributed by atoms with Crippen LogP contribution in [0.25, 0.3) is 0 Å². The van der Waals surface area contributed by atoms with Crippen LogP contribution in [0, 0.1) is 0 Å². The Bertz CT molecular complexity index is 584. The van der Waals surface area contributed by atoms with Crippen molar-refractivity contribution in [2.75, 3.05) is 11.9 Å². The molecule has 2 aromatic carbocycles. The van der Waals surface area contributed by atoms with Crippen LogP contribution in [-0.4, -0.2) is 17.6 Å². The average molecular weight is 336 g/mol. The van der Waals surface area contributed by atoms with Gasteiger partial charge in [0.15, 0.2) is 6.61 Å². The van der Waals surface area contributed by atoms with Crippen molar-refractivity contribution >= 4 is 27.5 Å². The molecule has 0 aliphatic heterocycles. The number of rotatable bonds is 5. The van der Waals surface area contributed by atoms with Gasteiger partial charge in [-0.3, -0.25) is 4.79 Å². The number of nitrogens with one attached hydrogen (secondary N) is 1. The van der Waals surface area contributed by atoms with E-state index in [9.17, 15) is 4.79 Å². The summed E-state index contributed by atoms with van der Waals surface area (Å²) in [6.07, 6.45) is 0. The van der Waals surface area contributed by atoms with Crippen LogP contribution in [0.1, 0.15) is 5.56 Å². The van der Waals surface area contributed by atoms with E-state index in [2.05, 4.69) is 21.2 Å². The molecule has 0 aromatic heterocycles. The second-order valence-electron chi connectivity index (χ2n) is 4.15. The number of benzene rings is 2. The molecule has 0 aliphatic carbocycles. The Balaban J connectivity index is 1.85. The van der Waals surface area contributed by atoms with E-state index >= 15 is 0 Å². The molecule has 2 aromatic rings. The minimum atomic E-state index is -0.235. The van der Waals surface area contributed by atoms with Gasteiger partial charge in [0.2, 0.25) is 0 Å². The van der Waals surface area contributed by atoms with Crippen molar-refractivity contribution in [1.29, 1.82) is 0 Å². The minimum Gasteiger partial charge on any atom is -0.484 e. The standard InChI is InChI=1S/C15H14BrNO3/c16-12-2-1-3-14(8-12)20-10-15(19)17-13-6-4-11(9-18)5-7-13/h1-8,18H,9-10H2,(H,17,19). The van der Waals surface area contributed by atoms with Gasteiger partial charge < -0.3 is 15.2 Å². The predicted molar refractivity (Wildman–Crippen MR) is 80.6 cm³/mol. The molecule has 0 aliphatic rings. The lowest BCUT2D eigenvalue weighted by molar-refractivity contribution is -0.118. The fraction of sp³-hybridized carbons (Fsp3) is 0.133. The molecule has 0 fully saturated rings. The molecule has 0 unspecified atom stereocenters. The van der Waals surface area contributed by atoms with Crippen LogP contribution < -0.4 is 10.1 Å². The molecule has 20 heavy (non-hydrogen) atoms. The number of carbonyl (C=O) groups is 1. The van der Waals surface area contributed by atoms with Gasteiger partial charge in [0.05, 0.1) is 6.61 Å². The van der Waals surface area contributed by atoms with Crippen LogP contribution in [0.3, 0.4) is 0 Å². The SMILES string of the molecule is O=C(COc1cccc(Br)c1)Nc1ccc(CO)cc1. The summed E-state index contributed by atoms with van der Waals surface area (Å²) >= 11 is 3.34. The monoisotopic (exact) mass is 335 g/mol. The molecule has 0 bridgehead atoms. The van der Waals surface area contributed by atoms with Crippen LogP contribution in [-0.2, 0) is 11.4 Å². The Morgan fingerprint density at radius 2 is 1.95 bits per heavy atom. The lowest BCUT2D eigenvalue weighted by Crippen LogP contribution is -2.20. The van der Waals surface area contributed by atoms with Gasteiger partial charge in [-0.05, 0) is 35.9 Å². The first kappa shape index (κ1) is 14.6. The third kappa shape index (κ3) is 4.36. The molecular formula is C15H14BrNO3. The van der Waals surface area contributed by atoms with Gasteiger partial charge >= 0.3 is 0 Å². The Morgan fingerprint density at radius 3 is 2.60 bits per heavy atom. The summed E-state index contributed by atoms with van der Waals surface area (Å²) < 4.78 is 6.28. The summed E-state index contributed by atoms with van der Waals surface area (Å²) in [6, 6.07) is 14.3. The average Bonchev–Trinajstić information content (AvgIpc) is 2.46. The van der Waals surface area contributed by atoms with Crippen molar-refractivity contribution in [3.05, 3.63) is 58.6 Å². The molecule has 0 heterocycles. The summed E-state index contributed by atoms with van der Waals surface area (Å²) in [5, 5.41) is 11.7. The van der Waals surface area contributed by atoms with Gasteiger partial charge in [-0.25, -0.2) is 0 Å². The van der Waals surface area contributed by atoms with Crippen LogP contribution >= 0.6 is 15.9 Å². The van der Waals surface area contributed by atoms with E-state index in [0.29, 0.717) is 11.4 Å².